The van der Waals surface area contributed by atoms with Crippen molar-refractivity contribution in [2.24, 2.45) is 11.1 Å². The van der Waals surface area contributed by atoms with Gasteiger partial charge in [-0.05, 0) is 30.5 Å². The summed E-state index contributed by atoms with van der Waals surface area (Å²) < 4.78 is 0. The number of halogens is 1. The Balaban J connectivity index is 0.00000288. The molecule has 0 bridgehead atoms. The summed E-state index contributed by atoms with van der Waals surface area (Å²) in [6.07, 6.45) is 1.38. The van der Waals surface area contributed by atoms with Crippen molar-refractivity contribution in [2.75, 3.05) is 26.2 Å². The smallest absolute Gasteiger partial charge is 0.321 e. The molecule has 0 aliphatic carbocycles. The van der Waals surface area contributed by atoms with E-state index in [4.69, 9.17) is 5.73 Å². The van der Waals surface area contributed by atoms with Crippen LogP contribution in [0.5, 0.6) is 0 Å². The van der Waals surface area contributed by atoms with Gasteiger partial charge in [0.2, 0.25) is 5.91 Å². The number of nitrogens with two attached hydrogens (primary N) is 1. The summed E-state index contributed by atoms with van der Waals surface area (Å²) in [4.78, 5) is 25.8. The predicted molar refractivity (Wildman–Crippen MR) is 96.9 cm³/mol. The van der Waals surface area contributed by atoms with Gasteiger partial charge in [0, 0.05) is 26.1 Å². The van der Waals surface area contributed by atoms with Crippen molar-refractivity contribution in [3.63, 3.8) is 0 Å². The lowest BCUT2D eigenvalue weighted by molar-refractivity contribution is -0.120. The third-order valence-electron chi connectivity index (χ3n) is 4.33. The van der Waals surface area contributed by atoms with Crippen molar-refractivity contribution < 1.29 is 9.59 Å². The van der Waals surface area contributed by atoms with Crippen LogP contribution in [0.1, 0.15) is 25.3 Å². The summed E-state index contributed by atoms with van der Waals surface area (Å²) in [7, 11) is 0. The van der Waals surface area contributed by atoms with Crippen LogP contribution in [-0.4, -0.2) is 43.0 Å². The molecule has 0 spiro atoms. The topological polar surface area (TPSA) is 87.5 Å². The van der Waals surface area contributed by atoms with E-state index in [0.29, 0.717) is 26.1 Å². The SMILES string of the molecule is CC1(CN)CCN(CCC(=O)NC(=O)NCc2ccccc2)C1.Cl. The number of likely N-dealkylation sites (tertiary alicyclic amines) is 1. The lowest BCUT2D eigenvalue weighted by atomic mass is 9.90. The van der Waals surface area contributed by atoms with Crippen LogP contribution in [0.15, 0.2) is 30.3 Å². The maximum Gasteiger partial charge on any atom is 0.321 e. The van der Waals surface area contributed by atoms with E-state index >= 15 is 0 Å². The quantitative estimate of drug-likeness (QED) is 0.722. The number of amides is 3. The maximum absolute atomic E-state index is 11.8. The van der Waals surface area contributed by atoms with E-state index in [1.54, 1.807) is 0 Å². The molecule has 1 aliphatic heterocycles. The molecule has 1 fully saturated rings. The van der Waals surface area contributed by atoms with Crippen molar-refractivity contribution in [1.29, 1.82) is 0 Å². The predicted octanol–water partition coefficient (Wildman–Crippen LogP) is 1.50. The normalized spacial score (nSPS) is 20.2. The molecule has 1 unspecified atom stereocenters. The highest BCUT2D eigenvalue weighted by molar-refractivity contribution is 5.94. The maximum atomic E-state index is 11.8. The Labute approximate surface area is 149 Å². The van der Waals surface area contributed by atoms with Gasteiger partial charge in [-0.2, -0.15) is 0 Å². The number of carbonyl (C=O) groups is 2. The van der Waals surface area contributed by atoms with Crippen LogP contribution in [0.4, 0.5) is 4.79 Å². The summed E-state index contributed by atoms with van der Waals surface area (Å²) in [5.74, 6) is -0.253. The molecule has 0 aromatic heterocycles. The first-order valence-corrected chi connectivity index (χ1v) is 8.05. The standard InChI is InChI=1S/C17H26N4O2.ClH/c1-17(12-18)8-10-21(13-17)9-7-15(22)20-16(23)19-11-14-5-3-2-4-6-14;/h2-6H,7-13,18H2,1H3,(H2,19,20,22,23);1H. The molecule has 1 saturated heterocycles. The Morgan fingerprint density at radius 2 is 2.00 bits per heavy atom. The van der Waals surface area contributed by atoms with Crippen LogP contribution in [0.2, 0.25) is 0 Å². The van der Waals surface area contributed by atoms with E-state index in [9.17, 15) is 9.59 Å². The molecule has 4 N–H and O–H groups in total. The van der Waals surface area contributed by atoms with Crippen molar-refractivity contribution in [3.05, 3.63) is 35.9 Å². The van der Waals surface area contributed by atoms with Crippen molar-refractivity contribution in [3.8, 4) is 0 Å². The molecule has 0 radical (unpaired) electrons. The highest BCUT2D eigenvalue weighted by Crippen LogP contribution is 2.28. The van der Waals surface area contributed by atoms with Crippen LogP contribution in [0.3, 0.4) is 0 Å². The van der Waals surface area contributed by atoms with Gasteiger partial charge in [0.25, 0.3) is 0 Å². The van der Waals surface area contributed by atoms with Gasteiger partial charge in [0.1, 0.15) is 0 Å². The van der Waals surface area contributed by atoms with E-state index < -0.39 is 6.03 Å². The summed E-state index contributed by atoms with van der Waals surface area (Å²) in [6, 6.07) is 9.12. The molecule has 3 amide bonds. The average molecular weight is 355 g/mol. The number of rotatable bonds is 6. The van der Waals surface area contributed by atoms with Gasteiger partial charge in [-0.25, -0.2) is 4.79 Å². The minimum atomic E-state index is -0.452. The van der Waals surface area contributed by atoms with E-state index in [1.807, 2.05) is 30.3 Å². The third kappa shape index (κ3) is 6.47. The Kier molecular flexibility index (Phi) is 8.18. The van der Waals surface area contributed by atoms with Crippen molar-refractivity contribution in [2.45, 2.75) is 26.3 Å². The van der Waals surface area contributed by atoms with Gasteiger partial charge < -0.3 is 16.0 Å². The number of nitrogens with zero attached hydrogens (tertiary/aromatic N) is 1. The fourth-order valence-electron chi connectivity index (χ4n) is 2.75. The molecule has 1 aromatic rings. The van der Waals surface area contributed by atoms with Gasteiger partial charge in [-0.15, -0.1) is 12.4 Å². The highest BCUT2D eigenvalue weighted by Gasteiger charge is 2.32. The number of nitrogens with one attached hydrogen (secondary N) is 2. The van der Waals surface area contributed by atoms with E-state index in [2.05, 4.69) is 22.5 Å². The van der Waals surface area contributed by atoms with Crippen LogP contribution in [0, 0.1) is 5.41 Å². The zero-order valence-electron chi connectivity index (χ0n) is 14.1. The average Bonchev–Trinajstić information content (AvgIpc) is 2.94. The Bertz CT molecular complexity index is 541. The van der Waals surface area contributed by atoms with Gasteiger partial charge in [-0.3, -0.25) is 10.1 Å². The number of hydrogen-bond acceptors (Lipinski definition) is 4. The summed E-state index contributed by atoms with van der Waals surface area (Å²) in [5, 5.41) is 5.05. The van der Waals surface area contributed by atoms with Crippen LogP contribution in [0.25, 0.3) is 0 Å². The first-order valence-electron chi connectivity index (χ1n) is 8.05. The van der Waals surface area contributed by atoms with Crippen molar-refractivity contribution >= 4 is 24.3 Å². The molecule has 6 nitrogen and oxygen atoms in total. The third-order valence-corrected chi connectivity index (χ3v) is 4.33. The first kappa shape index (κ1) is 20.4. The first-order chi connectivity index (χ1) is 11.0. The summed E-state index contributed by atoms with van der Waals surface area (Å²) in [6.45, 7) is 5.77. The van der Waals surface area contributed by atoms with Gasteiger partial charge >= 0.3 is 6.03 Å². The second-order valence-corrected chi connectivity index (χ2v) is 6.51. The molecule has 0 saturated carbocycles. The molecule has 24 heavy (non-hydrogen) atoms. The van der Waals surface area contributed by atoms with Crippen molar-refractivity contribution in [1.82, 2.24) is 15.5 Å². The summed E-state index contributed by atoms with van der Waals surface area (Å²) in [5.41, 5.74) is 6.92. The number of urea groups is 1. The molecule has 2 rings (SSSR count). The number of imide groups is 1. The van der Waals surface area contributed by atoms with E-state index in [0.717, 1.165) is 25.1 Å². The van der Waals surface area contributed by atoms with Gasteiger partial charge in [-0.1, -0.05) is 37.3 Å². The molecular weight excluding hydrogens is 328 g/mol. The molecular formula is C17H27ClN4O2. The molecule has 134 valence electrons. The summed E-state index contributed by atoms with van der Waals surface area (Å²) >= 11 is 0. The number of hydrogen-bond donors (Lipinski definition) is 3. The minimum absolute atomic E-state index is 0. The Morgan fingerprint density at radius 1 is 1.29 bits per heavy atom. The van der Waals surface area contributed by atoms with E-state index in [-0.39, 0.29) is 23.7 Å². The lowest BCUT2D eigenvalue weighted by Crippen LogP contribution is -2.40. The zero-order valence-corrected chi connectivity index (χ0v) is 14.9. The number of benzene rings is 1. The van der Waals surface area contributed by atoms with Crippen LogP contribution >= 0.6 is 12.4 Å². The molecule has 1 heterocycles. The highest BCUT2D eigenvalue weighted by atomic mass is 35.5. The Hall–Kier alpha value is -1.63. The van der Waals surface area contributed by atoms with Crippen LogP contribution in [-0.2, 0) is 11.3 Å². The lowest BCUT2D eigenvalue weighted by Gasteiger charge is -2.22. The molecule has 7 heteroatoms. The second kappa shape index (κ2) is 9.61. The van der Waals surface area contributed by atoms with Gasteiger partial charge in [0.05, 0.1) is 0 Å². The minimum Gasteiger partial charge on any atom is -0.334 e. The monoisotopic (exact) mass is 354 g/mol. The largest absolute Gasteiger partial charge is 0.334 e. The number of carbonyl (C=O) groups excluding carboxylic acids is 2. The second-order valence-electron chi connectivity index (χ2n) is 6.51. The fraction of sp³-hybridized carbons (Fsp3) is 0.529. The fourth-order valence-corrected chi connectivity index (χ4v) is 2.75. The molecule has 1 aromatic carbocycles. The van der Waals surface area contributed by atoms with E-state index in [1.165, 1.54) is 0 Å². The molecule has 1 aliphatic rings. The zero-order chi connectivity index (χ0) is 16.7. The van der Waals surface area contributed by atoms with Gasteiger partial charge in [0.15, 0.2) is 0 Å². The van der Waals surface area contributed by atoms with Crippen LogP contribution < -0.4 is 16.4 Å². The Morgan fingerprint density at radius 3 is 2.62 bits per heavy atom. The molecule has 1 atom stereocenters.